The van der Waals surface area contributed by atoms with E-state index in [4.69, 9.17) is 22.1 Å². The first-order chi connectivity index (χ1) is 17.0. The van der Waals surface area contributed by atoms with Crippen LogP contribution < -0.4 is 5.73 Å². The van der Waals surface area contributed by atoms with Gasteiger partial charge in [-0.15, -0.1) is 0 Å². The summed E-state index contributed by atoms with van der Waals surface area (Å²) in [5, 5.41) is 9.60. The number of fused-ring (bicyclic) bond motifs is 1. The minimum atomic E-state index is -0.552. The van der Waals surface area contributed by atoms with Gasteiger partial charge >= 0.3 is 0 Å². The molecule has 1 amide bonds. The third kappa shape index (κ3) is 5.98. The molecule has 0 spiro atoms. The maximum atomic E-state index is 14.9. The fourth-order valence-electron chi connectivity index (χ4n) is 5.11. The smallest absolute Gasteiger partial charge is 0.257 e. The molecule has 5 rings (SSSR count). The van der Waals surface area contributed by atoms with Gasteiger partial charge < -0.3 is 20.5 Å². The van der Waals surface area contributed by atoms with Crippen molar-refractivity contribution in [1.29, 1.82) is 0 Å². The first-order valence-electron chi connectivity index (χ1n) is 12.7. The fourth-order valence-corrected chi connectivity index (χ4v) is 5.31. The molecule has 0 saturated heterocycles. The topological polar surface area (TPSA) is 102 Å². The number of aliphatic hydroxyl groups is 1. The van der Waals surface area contributed by atoms with Crippen molar-refractivity contribution in [2.24, 2.45) is 0 Å². The zero-order chi connectivity index (χ0) is 26.2. The second-order valence-electron chi connectivity index (χ2n) is 11.0. The minimum absolute atomic E-state index is 0.0628. The molecule has 2 atom stereocenters. The lowest BCUT2D eigenvalue weighted by atomic mass is 9.77. The van der Waals surface area contributed by atoms with Crippen LogP contribution in [0.5, 0.6) is 0 Å². The van der Waals surface area contributed by atoms with Crippen molar-refractivity contribution in [2.45, 2.75) is 96.0 Å². The monoisotopic (exact) mass is 518 g/mol. The number of aromatic nitrogens is 2. The van der Waals surface area contributed by atoms with Gasteiger partial charge in [0.1, 0.15) is 5.82 Å². The molecule has 36 heavy (non-hydrogen) atoms. The average Bonchev–Trinajstić information content (AvgIpc) is 3.63. The summed E-state index contributed by atoms with van der Waals surface area (Å²) in [6.07, 6.45) is 7.88. The number of nitrogens with two attached hydrogens (primary N) is 1. The highest BCUT2D eigenvalue weighted by atomic mass is 35.5. The zero-order valence-corrected chi connectivity index (χ0v) is 22.2. The van der Waals surface area contributed by atoms with Gasteiger partial charge in [-0.1, -0.05) is 25.4 Å². The predicted molar refractivity (Wildman–Crippen MR) is 138 cm³/mol. The van der Waals surface area contributed by atoms with Crippen molar-refractivity contribution in [1.82, 2.24) is 14.9 Å². The van der Waals surface area contributed by atoms with Crippen LogP contribution in [0.1, 0.15) is 82.1 Å². The van der Waals surface area contributed by atoms with Crippen LogP contribution in [-0.2, 0) is 10.2 Å². The Morgan fingerprint density at radius 2 is 1.97 bits per heavy atom. The Bertz CT molecular complexity index is 1120. The lowest BCUT2D eigenvalue weighted by molar-refractivity contribution is -0.0429. The van der Waals surface area contributed by atoms with Crippen LogP contribution >= 0.6 is 11.6 Å². The summed E-state index contributed by atoms with van der Waals surface area (Å²) in [4.78, 5) is 22.6. The van der Waals surface area contributed by atoms with Crippen molar-refractivity contribution >= 4 is 23.5 Å². The highest BCUT2D eigenvalue weighted by molar-refractivity contribution is 6.32. The first kappa shape index (κ1) is 26.8. The van der Waals surface area contributed by atoms with Gasteiger partial charge in [-0.25, -0.2) is 14.4 Å². The van der Waals surface area contributed by atoms with Crippen LogP contribution in [0.4, 0.5) is 10.3 Å². The molecule has 7 nitrogen and oxygen atoms in total. The lowest BCUT2D eigenvalue weighted by Gasteiger charge is -2.40. The van der Waals surface area contributed by atoms with E-state index in [9.17, 15) is 14.3 Å². The van der Waals surface area contributed by atoms with Gasteiger partial charge in [0, 0.05) is 23.6 Å². The van der Waals surface area contributed by atoms with Crippen LogP contribution in [0.15, 0.2) is 18.3 Å². The fraction of sp³-hybridized carbons (Fsp3) is 0.593. The standard InChI is InChI=1S/C18H18ClFN4O.C9H18O2/c1-18(2)8-24(10-3-4-10)16(25)14-11(18)5-9(6-13(14)20)15-12(19)7-22-17(21)23-15;1-7(2)11-9-5-3-4-8(10)6-9/h5-7,10H,3-4,8H2,1-2H3,(H2,21,22,23);7-10H,3-6H2,1-2H3. The van der Waals surface area contributed by atoms with Crippen LogP contribution in [-0.4, -0.2) is 56.8 Å². The van der Waals surface area contributed by atoms with E-state index in [1.165, 1.54) is 12.3 Å². The number of anilines is 1. The second kappa shape index (κ2) is 10.6. The van der Waals surface area contributed by atoms with Crippen LogP contribution in [0.2, 0.25) is 5.02 Å². The molecule has 1 aromatic heterocycles. The Morgan fingerprint density at radius 3 is 2.61 bits per heavy atom. The zero-order valence-electron chi connectivity index (χ0n) is 21.4. The summed E-state index contributed by atoms with van der Waals surface area (Å²) in [7, 11) is 0. The molecule has 1 aromatic carbocycles. The maximum absolute atomic E-state index is 14.9. The number of carbonyl (C=O) groups is 1. The van der Waals surface area contributed by atoms with E-state index in [2.05, 4.69) is 9.97 Å². The molecule has 3 aliphatic rings. The van der Waals surface area contributed by atoms with E-state index in [0.29, 0.717) is 35.6 Å². The molecular weight excluding hydrogens is 483 g/mol. The summed E-state index contributed by atoms with van der Waals surface area (Å²) in [6, 6.07) is 3.35. The Hall–Kier alpha value is -2.29. The molecule has 0 bridgehead atoms. The number of rotatable bonds is 4. The molecule has 9 heteroatoms. The molecule has 2 fully saturated rings. The Morgan fingerprint density at radius 1 is 1.25 bits per heavy atom. The van der Waals surface area contributed by atoms with Gasteiger partial charge in [0.05, 0.1) is 40.8 Å². The molecule has 2 heterocycles. The van der Waals surface area contributed by atoms with E-state index in [-0.39, 0.29) is 40.0 Å². The number of amides is 1. The van der Waals surface area contributed by atoms with Crippen molar-refractivity contribution in [2.75, 3.05) is 12.3 Å². The summed E-state index contributed by atoms with van der Waals surface area (Å²) >= 11 is 6.16. The van der Waals surface area contributed by atoms with Gasteiger partial charge in [-0.05, 0) is 70.1 Å². The SMILES string of the molecule is CC(C)OC1CCCC(O)C1.CC1(C)CN(C2CC2)C(=O)c2c(F)cc(-c3nc(N)ncc3Cl)cc21. The number of hydrogen-bond acceptors (Lipinski definition) is 6. The van der Waals surface area contributed by atoms with Crippen molar-refractivity contribution in [3.63, 3.8) is 0 Å². The third-order valence-corrected chi connectivity index (χ3v) is 7.22. The number of halogens is 2. The second-order valence-corrected chi connectivity index (χ2v) is 11.4. The summed E-state index contributed by atoms with van der Waals surface area (Å²) in [5.74, 6) is -0.717. The number of benzene rings is 1. The van der Waals surface area contributed by atoms with Crippen LogP contribution in [0, 0.1) is 5.82 Å². The summed E-state index contributed by atoms with van der Waals surface area (Å²) < 4.78 is 20.5. The first-order valence-corrected chi connectivity index (χ1v) is 13.1. The Labute approximate surface area is 217 Å². The third-order valence-electron chi connectivity index (χ3n) is 6.95. The molecule has 2 aliphatic carbocycles. The van der Waals surface area contributed by atoms with E-state index < -0.39 is 5.82 Å². The molecule has 1 aliphatic heterocycles. The molecule has 3 N–H and O–H groups in total. The van der Waals surface area contributed by atoms with Gasteiger partial charge in [0.15, 0.2) is 0 Å². The quantitative estimate of drug-likeness (QED) is 0.582. The van der Waals surface area contributed by atoms with E-state index >= 15 is 0 Å². The van der Waals surface area contributed by atoms with E-state index in [0.717, 1.165) is 38.5 Å². The van der Waals surface area contributed by atoms with Gasteiger partial charge in [-0.3, -0.25) is 4.79 Å². The predicted octanol–water partition coefficient (Wildman–Crippen LogP) is 5.13. The number of hydrogen-bond donors (Lipinski definition) is 2. The molecule has 2 unspecified atom stereocenters. The average molecular weight is 519 g/mol. The van der Waals surface area contributed by atoms with Gasteiger partial charge in [0.25, 0.3) is 5.91 Å². The summed E-state index contributed by atoms with van der Waals surface area (Å²) in [6.45, 7) is 8.70. The molecule has 0 radical (unpaired) electrons. The lowest BCUT2D eigenvalue weighted by Crippen LogP contribution is -2.48. The molecular formula is C27H36ClFN4O3. The number of nitrogens with zero attached hydrogens (tertiary/aromatic N) is 3. The highest BCUT2D eigenvalue weighted by Crippen LogP contribution is 2.42. The van der Waals surface area contributed by atoms with Crippen molar-refractivity contribution in [3.8, 4) is 11.3 Å². The van der Waals surface area contributed by atoms with Gasteiger partial charge in [0.2, 0.25) is 5.95 Å². The van der Waals surface area contributed by atoms with Crippen LogP contribution in [0.25, 0.3) is 11.3 Å². The normalized spacial score (nSPS) is 23.2. The van der Waals surface area contributed by atoms with E-state index in [1.54, 1.807) is 11.0 Å². The Kier molecular flexibility index (Phi) is 7.88. The molecule has 2 saturated carbocycles. The largest absolute Gasteiger partial charge is 0.393 e. The molecule has 196 valence electrons. The Balaban J connectivity index is 0.000000233. The van der Waals surface area contributed by atoms with Gasteiger partial charge in [-0.2, -0.15) is 0 Å². The molecule has 2 aromatic rings. The van der Waals surface area contributed by atoms with Crippen LogP contribution in [0.3, 0.4) is 0 Å². The maximum Gasteiger partial charge on any atom is 0.257 e. The number of ether oxygens (including phenoxy) is 1. The summed E-state index contributed by atoms with van der Waals surface area (Å²) in [5.41, 5.74) is 6.97. The van der Waals surface area contributed by atoms with Crippen molar-refractivity contribution in [3.05, 3.63) is 40.3 Å². The van der Waals surface area contributed by atoms with E-state index in [1.807, 2.05) is 27.7 Å². The number of aliphatic hydroxyl groups excluding tert-OH is 1. The number of nitrogen functional groups attached to an aromatic ring is 1. The van der Waals surface area contributed by atoms with Crippen molar-refractivity contribution < 1.29 is 19.0 Å². The minimum Gasteiger partial charge on any atom is -0.393 e. The number of carbonyl (C=O) groups excluding carboxylic acids is 1. The highest BCUT2D eigenvalue weighted by Gasteiger charge is 2.44.